The van der Waals surface area contributed by atoms with E-state index in [9.17, 15) is 14.7 Å². The number of thiazole rings is 1. The van der Waals surface area contributed by atoms with Crippen LogP contribution in [-0.2, 0) is 4.79 Å². The maximum Gasteiger partial charge on any atom is 0.266 e. The molecule has 0 radical (unpaired) electrons. The van der Waals surface area contributed by atoms with E-state index in [1.165, 1.54) is 17.4 Å². The summed E-state index contributed by atoms with van der Waals surface area (Å²) in [6.07, 6.45) is 3.25. The van der Waals surface area contributed by atoms with Crippen molar-refractivity contribution in [3.63, 3.8) is 0 Å². The average Bonchev–Trinajstić information content (AvgIpc) is 2.75. The number of rotatable bonds is 2. The monoisotopic (exact) mass is 331 g/mol. The molecule has 0 saturated heterocycles. The number of benzene rings is 1. The van der Waals surface area contributed by atoms with Gasteiger partial charge in [0.2, 0.25) is 0 Å². The predicted octanol–water partition coefficient (Wildman–Crippen LogP) is 1.98. The van der Waals surface area contributed by atoms with Crippen molar-refractivity contribution in [1.82, 2.24) is 4.98 Å². The van der Waals surface area contributed by atoms with Crippen molar-refractivity contribution in [3.05, 3.63) is 48.4 Å². The largest absolute Gasteiger partial charge is 0.507 e. The SMILES string of the molecule is Cc1cc(/C=c2/s/c(=C/C(=O)C(C)(C)C)[nH]c2=O)cc(C)c1O. The Hall–Kier alpha value is -2.14. The number of phenolic OH excluding ortho intramolecular Hbond substituents is 1. The van der Waals surface area contributed by atoms with Gasteiger partial charge >= 0.3 is 0 Å². The van der Waals surface area contributed by atoms with E-state index in [1.807, 2.05) is 46.8 Å². The summed E-state index contributed by atoms with van der Waals surface area (Å²) < 4.78 is 1.08. The first-order chi connectivity index (χ1) is 10.6. The molecule has 0 aliphatic rings. The van der Waals surface area contributed by atoms with Crippen LogP contribution < -0.4 is 14.8 Å². The van der Waals surface area contributed by atoms with Crippen LogP contribution in [0, 0.1) is 19.3 Å². The van der Waals surface area contributed by atoms with Crippen LogP contribution in [0.3, 0.4) is 0 Å². The van der Waals surface area contributed by atoms with Crippen molar-refractivity contribution >= 4 is 29.3 Å². The van der Waals surface area contributed by atoms with Gasteiger partial charge in [-0.3, -0.25) is 9.59 Å². The lowest BCUT2D eigenvalue weighted by molar-refractivity contribution is -0.119. The standard InChI is InChI=1S/C18H21NO3S/c1-10-6-12(7-11(2)16(10)21)8-13-17(22)19-15(23-13)9-14(20)18(3,4)5/h6-9,21H,1-5H3,(H,19,22)/b13-8+,15-9+. The van der Waals surface area contributed by atoms with Crippen LogP contribution in [0.1, 0.15) is 37.5 Å². The van der Waals surface area contributed by atoms with Crippen molar-refractivity contribution in [2.24, 2.45) is 5.41 Å². The predicted molar refractivity (Wildman–Crippen MR) is 94.3 cm³/mol. The van der Waals surface area contributed by atoms with Crippen LogP contribution >= 0.6 is 11.3 Å². The fraction of sp³-hybridized carbons (Fsp3) is 0.333. The molecular formula is C18H21NO3S. The van der Waals surface area contributed by atoms with Gasteiger partial charge in [-0.1, -0.05) is 20.8 Å². The molecule has 0 amide bonds. The van der Waals surface area contributed by atoms with E-state index in [2.05, 4.69) is 4.98 Å². The Kier molecular flexibility index (Phi) is 4.61. The lowest BCUT2D eigenvalue weighted by atomic mass is 9.91. The van der Waals surface area contributed by atoms with Gasteiger partial charge in [-0.05, 0) is 48.7 Å². The zero-order valence-electron chi connectivity index (χ0n) is 14.0. The third kappa shape index (κ3) is 3.99. The lowest BCUT2D eigenvalue weighted by Gasteiger charge is -2.12. The molecule has 0 spiro atoms. The van der Waals surface area contributed by atoms with Crippen molar-refractivity contribution in [3.8, 4) is 5.75 Å². The van der Waals surface area contributed by atoms with Gasteiger partial charge in [0.1, 0.15) is 5.75 Å². The van der Waals surface area contributed by atoms with Crippen molar-refractivity contribution < 1.29 is 9.90 Å². The highest BCUT2D eigenvalue weighted by atomic mass is 32.1. The van der Waals surface area contributed by atoms with Crippen molar-refractivity contribution in [2.75, 3.05) is 0 Å². The Bertz CT molecular complexity index is 903. The first-order valence-corrected chi connectivity index (χ1v) is 8.17. The maximum atomic E-state index is 12.1. The maximum absolute atomic E-state index is 12.1. The molecule has 0 bridgehead atoms. The number of carbonyl (C=O) groups is 1. The minimum atomic E-state index is -0.476. The number of ketones is 1. The van der Waals surface area contributed by atoms with Crippen LogP contribution in [0.4, 0.5) is 0 Å². The van der Waals surface area contributed by atoms with Gasteiger partial charge < -0.3 is 10.1 Å². The Morgan fingerprint density at radius 3 is 2.30 bits per heavy atom. The second kappa shape index (κ2) is 6.16. The van der Waals surface area contributed by atoms with E-state index in [0.29, 0.717) is 9.20 Å². The van der Waals surface area contributed by atoms with Gasteiger partial charge in [0.05, 0.1) is 9.20 Å². The number of aryl methyl sites for hydroxylation is 2. The zero-order chi connectivity index (χ0) is 17.4. The molecule has 2 N–H and O–H groups in total. The Morgan fingerprint density at radius 1 is 1.22 bits per heavy atom. The summed E-state index contributed by atoms with van der Waals surface area (Å²) in [7, 11) is 0. The molecule has 1 heterocycles. The summed E-state index contributed by atoms with van der Waals surface area (Å²) in [5.41, 5.74) is 1.68. The van der Waals surface area contributed by atoms with Gasteiger partial charge in [-0.25, -0.2) is 0 Å². The van der Waals surface area contributed by atoms with E-state index in [0.717, 1.165) is 16.7 Å². The van der Waals surface area contributed by atoms with Gasteiger partial charge in [0.25, 0.3) is 5.56 Å². The molecule has 1 aromatic carbocycles. The first kappa shape index (κ1) is 17.2. The fourth-order valence-corrected chi connectivity index (χ4v) is 2.97. The Labute approximate surface area is 138 Å². The highest BCUT2D eigenvalue weighted by Gasteiger charge is 2.18. The number of aromatic hydroxyl groups is 1. The highest BCUT2D eigenvalue weighted by molar-refractivity contribution is 7.07. The number of hydrogen-bond acceptors (Lipinski definition) is 4. The van der Waals surface area contributed by atoms with E-state index >= 15 is 0 Å². The quantitative estimate of drug-likeness (QED) is 0.884. The summed E-state index contributed by atoms with van der Waals surface area (Å²) in [6, 6.07) is 3.65. The molecule has 4 nitrogen and oxygen atoms in total. The summed E-state index contributed by atoms with van der Waals surface area (Å²) in [6.45, 7) is 9.16. The molecule has 0 aliphatic heterocycles. The van der Waals surface area contributed by atoms with Gasteiger partial charge in [0.15, 0.2) is 5.78 Å². The summed E-state index contributed by atoms with van der Waals surface area (Å²) in [4.78, 5) is 26.8. The zero-order valence-corrected chi connectivity index (χ0v) is 14.8. The Balaban J connectivity index is 2.53. The van der Waals surface area contributed by atoms with Crippen LogP contribution in [0.25, 0.3) is 12.2 Å². The number of Topliss-reactive ketones (excluding diaryl/α,β-unsaturated/α-hetero) is 1. The average molecular weight is 331 g/mol. The number of aromatic nitrogens is 1. The second-order valence-electron chi connectivity index (χ2n) is 6.69. The second-order valence-corrected chi connectivity index (χ2v) is 7.77. The van der Waals surface area contributed by atoms with Gasteiger partial charge in [0, 0.05) is 11.5 Å². The van der Waals surface area contributed by atoms with Crippen LogP contribution in [0.2, 0.25) is 0 Å². The molecule has 0 aliphatic carbocycles. The number of phenols is 1. The first-order valence-electron chi connectivity index (χ1n) is 7.35. The van der Waals surface area contributed by atoms with Crippen LogP contribution in [0.15, 0.2) is 16.9 Å². The highest BCUT2D eigenvalue weighted by Crippen LogP contribution is 2.23. The van der Waals surface area contributed by atoms with E-state index in [4.69, 9.17) is 0 Å². The minimum Gasteiger partial charge on any atom is -0.507 e. The molecule has 0 saturated carbocycles. The number of aromatic amines is 1. The number of nitrogens with one attached hydrogen (secondary N) is 1. The molecule has 23 heavy (non-hydrogen) atoms. The third-order valence-electron chi connectivity index (χ3n) is 3.49. The number of H-pyrrole nitrogens is 1. The van der Waals surface area contributed by atoms with Crippen LogP contribution in [0.5, 0.6) is 5.75 Å². The summed E-state index contributed by atoms with van der Waals surface area (Å²) in [5.74, 6) is 0.241. The molecule has 2 rings (SSSR count). The van der Waals surface area contributed by atoms with Gasteiger partial charge in [-0.15, -0.1) is 11.3 Å². The van der Waals surface area contributed by atoms with E-state index in [1.54, 1.807) is 6.08 Å². The van der Waals surface area contributed by atoms with Crippen LogP contribution in [-0.4, -0.2) is 15.9 Å². The fourth-order valence-electron chi connectivity index (χ4n) is 2.08. The van der Waals surface area contributed by atoms with E-state index in [-0.39, 0.29) is 17.1 Å². The third-order valence-corrected chi connectivity index (χ3v) is 4.46. The molecule has 5 heteroatoms. The smallest absolute Gasteiger partial charge is 0.266 e. The minimum absolute atomic E-state index is 0.0297. The summed E-state index contributed by atoms with van der Waals surface area (Å²) >= 11 is 1.25. The van der Waals surface area contributed by atoms with E-state index < -0.39 is 5.41 Å². The lowest BCUT2D eigenvalue weighted by Crippen LogP contribution is -2.22. The van der Waals surface area contributed by atoms with Gasteiger partial charge in [-0.2, -0.15) is 0 Å². The number of hydrogen-bond donors (Lipinski definition) is 2. The molecule has 0 unspecified atom stereocenters. The summed E-state index contributed by atoms with van der Waals surface area (Å²) in [5, 5.41) is 9.81. The normalized spacial score (nSPS) is 13.6. The molecule has 0 atom stereocenters. The van der Waals surface area contributed by atoms with Crippen molar-refractivity contribution in [2.45, 2.75) is 34.6 Å². The topological polar surface area (TPSA) is 70.2 Å². The molecular weight excluding hydrogens is 310 g/mol. The molecule has 0 fully saturated rings. The van der Waals surface area contributed by atoms with Crippen molar-refractivity contribution in [1.29, 1.82) is 0 Å². The molecule has 2 aromatic rings. The molecule has 1 aromatic heterocycles. The molecule has 122 valence electrons. The Morgan fingerprint density at radius 2 is 1.78 bits per heavy atom. The number of carbonyl (C=O) groups excluding carboxylic acids is 1.